The molecule has 0 radical (unpaired) electrons. The Labute approximate surface area is 209 Å². The molecule has 2 aliphatic heterocycles. The van der Waals surface area contributed by atoms with Crippen LogP contribution in [0, 0.1) is 5.82 Å². The van der Waals surface area contributed by atoms with Gasteiger partial charge in [-0.25, -0.2) is 4.39 Å². The van der Waals surface area contributed by atoms with E-state index in [1.165, 1.54) is 28.1 Å². The van der Waals surface area contributed by atoms with Gasteiger partial charge in [-0.05, 0) is 53.1 Å². The number of carbonyl (C=O) groups is 2. The number of fused-ring (bicyclic) bond motifs is 1. The number of hydrogen-bond acceptors (Lipinski definition) is 4. The average molecular weight is 492 g/mol. The molecule has 182 valence electrons. The van der Waals surface area contributed by atoms with Crippen LogP contribution < -0.4 is 0 Å². The van der Waals surface area contributed by atoms with Gasteiger partial charge in [0.25, 0.3) is 0 Å². The monoisotopic (exact) mass is 491 g/mol. The van der Waals surface area contributed by atoms with Gasteiger partial charge in [-0.15, -0.1) is 11.3 Å². The van der Waals surface area contributed by atoms with E-state index in [2.05, 4.69) is 40.6 Å². The van der Waals surface area contributed by atoms with Crippen molar-refractivity contribution >= 4 is 23.2 Å². The van der Waals surface area contributed by atoms with Gasteiger partial charge >= 0.3 is 0 Å². The van der Waals surface area contributed by atoms with Crippen LogP contribution in [0.2, 0.25) is 0 Å². The maximum atomic E-state index is 13.4. The topological polar surface area (TPSA) is 43.9 Å². The van der Waals surface area contributed by atoms with E-state index >= 15 is 0 Å². The molecule has 0 N–H and O–H groups in total. The molecule has 2 amide bonds. The first-order valence-corrected chi connectivity index (χ1v) is 13.1. The van der Waals surface area contributed by atoms with E-state index in [1.54, 1.807) is 23.5 Å². The van der Waals surface area contributed by atoms with Gasteiger partial charge in [-0.2, -0.15) is 0 Å². The number of hydrogen-bond donors (Lipinski definition) is 0. The Hall–Kier alpha value is -3.03. The second kappa shape index (κ2) is 10.7. The Morgan fingerprint density at radius 3 is 2.31 bits per heavy atom. The molecule has 1 aromatic heterocycles. The van der Waals surface area contributed by atoms with E-state index in [0.29, 0.717) is 32.7 Å². The van der Waals surface area contributed by atoms with Crippen molar-refractivity contribution < 1.29 is 14.0 Å². The smallest absolute Gasteiger partial charge is 0.236 e. The van der Waals surface area contributed by atoms with Crippen molar-refractivity contribution in [3.05, 3.63) is 93.4 Å². The first-order valence-electron chi connectivity index (χ1n) is 12.2. The zero-order chi connectivity index (χ0) is 24.2. The lowest BCUT2D eigenvalue weighted by Crippen LogP contribution is -2.45. The molecule has 7 heteroatoms. The number of halogens is 1. The minimum atomic E-state index is -0.302. The molecule has 1 saturated heterocycles. The lowest BCUT2D eigenvalue weighted by atomic mass is 9.93. The van der Waals surface area contributed by atoms with Crippen LogP contribution in [0.5, 0.6) is 0 Å². The zero-order valence-electron chi connectivity index (χ0n) is 19.7. The zero-order valence-corrected chi connectivity index (χ0v) is 20.6. The summed E-state index contributed by atoms with van der Waals surface area (Å²) in [5, 5.41) is 2.15. The van der Waals surface area contributed by atoms with Crippen molar-refractivity contribution in [1.29, 1.82) is 0 Å². The summed E-state index contributed by atoms with van der Waals surface area (Å²) >= 11 is 1.80. The van der Waals surface area contributed by atoms with E-state index in [1.807, 2.05) is 15.9 Å². The van der Waals surface area contributed by atoms with Gasteiger partial charge in [-0.1, -0.05) is 42.5 Å². The van der Waals surface area contributed by atoms with E-state index in [9.17, 15) is 14.0 Å². The molecule has 2 aromatic carbocycles. The predicted molar refractivity (Wildman–Crippen MR) is 136 cm³/mol. The third-order valence-electron chi connectivity index (χ3n) is 6.99. The highest BCUT2D eigenvalue weighted by Crippen LogP contribution is 2.37. The van der Waals surface area contributed by atoms with E-state index < -0.39 is 0 Å². The molecule has 3 aromatic rings. The van der Waals surface area contributed by atoms with Crippen LogP contribution in [0.15, 0.2) is 66.0 Å². The molecule has 0 saturated carbocycles. The number of amides is 2. The Balaban J connectivity index is 1.22. The Morgan fingerprint density at radius 1 is 0.857 bits per heavy atom. The fourth-order valence-corrected chi connectivity index (χ4v) is 6.05. The number of benzene rings is 2. The lowest BCUT2D eigenvalue weighted by Gasteiger charge is -2.37. The summed E-state index contributed by atoms with van der Waals surface area (Å²) in [6, 6.07) is 18.8. The van der Waals surface area contributed by atoms with Crippen molar-refractivity contribution in [2.45, 2.75) is 25.3 Å². The predicted octanol–water partition coefficient (Wildman–Crippen LogP) is 4.14. The molecular formula is C28H30FN3O2S. The minimum absolute atomic E-state index is 0.0241. The molecule has 0 spiro atoms. The standard InChI is InChI=1S/C28H30FN3O2S/c29-23-9-7-21(8-10-23)19-26(33)30-13-4-14-31(17-16-30)27(34)20-32-15-11-25-24(12-18-35-25)28(32)22-5-2-1-3-6-22/h1-3,5-10,12,18,28H,4,11,13-17,19-20H2/t28-/m1/s1. The van der Waals surface area contributed by atoms with Gasteiger partial charge in [0.1, 0.15) is 5.82 Å². The van der Waals surface area contributed by atoms with Crippen LogP contribution in [-0.2, 0) is 22.4 Å². The molecule has 1 fully saturated rings. The van der Waals surface area contributed by atoms with Crippen molar-refractivity contribution in [2.24, 2.45) is 0 Å². The Bertz CT molecular complexity index is 1160. The number of carbonyl (C=O) groups excluding carboxylic acids is 2. The largest absolute Gasteiger partial charge is 0.341 e. The third kappa shape index (κ3) is 5.46. The summed E-state index contributed by atoms with van der Waals surface area (Å²) in [4.78, 5) is 33.7. The van der Waals surface area contributed by atoms with Crippen molar-refractivity contribution in [1.82, 2.24) is 14.7 Å². The maximum absolute atomic E-state index is 13.4. The SMILES string of the molecule is O=C(Cc1ccc(F)cc1)N1CCCN(C(=O)CN2CCc3sccc3[C@H]2c2ccccc2)CC1. The molecule has 0 bridgehead atoms. The molecule has 5 rings (SSSR count). The normalized spacial score (nSPS) is 18.7. The number of thiophene rings is 1. The molecule has 1 atom stereocenters. The first-order chi connectivity index (χ1) is 17.1. The van der Waals surface area contributed by atoms with Gasteiger partial charge in [0, 0.05) is 37.6 Å². The van der Waals surface area contributed by atoms with Gasteiger partial charge in [0.05, 0.1) is 19.0 Å². The van der Waals surface area contributed by atoms with E-state index in [-0.39, 0.29) is 30.1 Å². The number of nitrogens with zero attached hydrogens (tertiary/aromatic N) is 3. The lowest BCUT2D eigenvalue weighted by molar-refractivity contribution is -0.134. The minimum Gasteiger partial charge on any atom is -0.341 e. The molecule has 5 nitrogen and oxygen atoms in total. The highest BCUT2D eigenvalue weighted by atomic mass is 32.1. The summed E-state index contributed by atoms with van der Waals surface area (Å²) < 4.78 is 13.2. The van der Waals surface area contributed by atoms with E-state index in [4.69, 9.17) is 0 Å². The van der Waals surface area contributed by atoms with Crippen molar-refractivity contribution in [2.75, 3.05) is 39.3 Å². The summed E-state index contributed by atoms with van der Waals surface area (Å²) in [6.07, 6.45) is 1.98. The van der Waals surface area contributed by atoms with Crippen molar-refractivity contribution in [3.8, 4) is 0 Å². The Morgan fingerprint density at radius 2 is 1.57 bits per heavy atom. The fourth-order valence-electron chi connectivity index (χ4n) is 5.14. The second-order valence-corrected chi connectivity index (χ2v) is 10.3. The highest BCUT2D eigenvalue weighted by Gasteiger charge is 2.32. The Kier molecular flexibility index (Phi) is 7.25. The van der Waals surface area contributed by atoms with Gasteiger partial charge in [0.15, 0.2) is 0 Å². The summed E-state index contributed by atoms with van der Waals surface area (Å²) in [5.41, 5.74) is 3.33. The molecular weight excluding hydrogens is 461 g/mol. The third-order valence-corrected chi connectivity index (χ3v) is 7.99. The van der Waals surface area contributed by atoms with Gasteiger partial charge < -0.3 is 9.80 Å². The average Bonchev–Trinajstić information content (AvgIpc) is 3.21. The molecule has 3 heterocycles. The summed E-state index contributed by atoms with van der Waals surface area (Å²) in [5.74, 6) is -0.155. The highest BCUT2D eigenvalue weighted by molar-refractivity contribution is 7.10. The van der Waals surface area contributed by atoms with Crippen LogP contribution in [0.3, 0.4) is 0 Å². The molecule has 0 unspecified atom stereocenters. The van der Waals surface area contributed by atoms with Crippen LogP contribution in [0.4, 0.5) is 4.39 Å². The van der Waals surface area contributed by atoms with Gasteiger partial charge in [-0.3, -0.25) is 14.5 Å². The molecule has 2 aliphatic rings. The summed E-state index contributed by atoms with van der Waals surface area (Å²) in [6.45, 7) is 3.60. The summed E-state index contributed by atoms with van der Waals surface area (Å²) in [7, 11) is 0. The molecule has 35 heavy (non-hydrogen) atoms. The fraction of sp³-hybridized carbons (Fsp3) is 0.357. The van der Waals surface area contributed by atoms with Crippen LogP contribution in [-0.4, -0.2) is 65.8 Å². The van der Waals surface area contributed by atoms with Crippen LogP contribution in [0.1, 0.15) is 34.0 Å². The van der Waals surface area contributed by atoms with Crippen LogP contribution in [0.25, 0.3) is 0 Å². The van der Waals surface area contributed by atoms with Gasteiger partial charge in [0.2, 0.25) is 11.8 Å². The quantitative estimate of drug-likeness (QED) is 0.539. The number of rotatable bonds is 5. The van der Waals surface area contributed by atoms with Crippen molar-refractivity contribution in [3.63, 3.8) is 0 Å². The van der Waals surface area contributed by atoms with Crippen LogP contribution >= 0.6 is 11.3 Å². The first kappa shape index (κ1) is 23.7. The van der Waals surface area contributed by atoms with E-state index in [0.717, 1.165) is 24.9 Å². The maximum Gasteiger partial charge on any atom is 0.236 e. The molecule has 0 aliphatic carbocycles. The second-order valence-electron chi connectivity index (χ2n) is 9.25.